The number of phenols is 1. The van der Waals surface area contributed by atoms with E-state index in [0.29, 0.717) is 37.3 Å². The Kier molecular flexibility index (Phi) is 4.98. The van der Waals surface area contributed by atoms with Crippen molar-refractivity contribution in [3.63, 3.8) is 0 Å². The first-order valence-electron chi connectivity index (χ1n) is 9.49. The summed E-state index contributed by atoms with van der Waals surface area (Å²) >= 11 is 0. The number of rotatable bonds is 2. The molecule has 1 fully saturated rings. The lowest BCUT2D eigenvalue weighted by Crippen LogP contribution is -2.37. The lowest BCUT2D eigenvalue weighted by Gasteiger charge is -2.23. The summed E-state index contributed by atoms with van der Waals surface area (Å²) in [6.07, 6.45) is 0.723. The number of aromatic hydroxyl groups is 1. The molecule has 0 aromatic heterocycles. The molecular weight excluding hydrogens is 352 g/mol. The van der Waals surface area contributed by atoms with Crippen LogP contribution in [0.1, 0.15) is 27.1 Å². The summed E-state index contributed by atoms with van der Waals surface area (Å²) in [7, 11) is 0. The van der Waals surface area contributed by atoms with Crippen LogP contribution in [0.4, 0.5) is 0 Å². The van der Waals surface area contributed by atoms with Crippen molar-refractivity contribution >= 4 is 22.6 Å². The number of carbonyl (C=O) groups excluding carboxylic acids is 2. The topological polar surface area (TPSA) is 60.9 Å². The summed E-state index contributed by atoms with van der Waals surface area (Å²) in [6.45, 7) is 2.18. The van der Waals surface area contributed by atoms with Crippen molar-refractivity contribution in [3.05, 3.63) is 77.9 Å². The number of nitrogens with zero attached hydrogens (tertiary/aromatic N) is 2. The molecule has 0 radical (unpaired) electrons. The molecule has 0 bridgehead atoms. The second kappa shape index (κ2) is 7.72. The Balaban J connectivity index is 1.51. The van der Waals surface area contributed by atoms with E-state index in [1.807, 2.05) is 47.4 Å². The number of hydrogen-bond acceptors (Lipinski definition) is 3. The van der Waals surface area contributed by atoms with Crippen LogP contribution in [0, 0.1) is 0 Å². The van der Waals surface area contributed by atoms with Gasteiger partial charge in [-0.2, -0.15) is 0 Å². The molecule has 5 nitrogen and oxygen atoms in total. The molecule has 1 N–H and O–H groups in total. The number of fused-ring (bicyclic) bond motifs is 1. The maximum atomic E-state index is 13.1. The van der Waals surface area contributed by atoms with E-state index in [1.165, 1.54) is 6.07 Å². The first kappa shape index (κ1) is 18.0. The summed E-state index contributed by atoms with van der Waals surface area (Å²) in [5.41, 5.74) is 1.17. The molecule has 1 aliphatic heterocycles. The molecule has 0 unspecified atom stereocenters. The maximum Gasteiger partial charge on any atom is 0.254 e. The van der Waals surface area contributed by atoms with Crippen LogP contribution in [0.25, 0.3) is 10.8 Å². The number of carbonyl (C=O) groups is 2. The molecule has 2 amide bonds. The van der Waals surface area contributed by atoms with Crippen LogP contribution in [0.2, 0.25) is 0 Å². The van der Waals surface area contributed by atoms with Gasteiger partial charge in [-0.15, -0.1) is 0 Å². The van der Waals surface area contributed by atoms with Crippen LogP contribution in [0.3, 0.4) is 0 Å². The lowest BCUT2D eigenvalue weighted by molar-refractivity contribution is 0.0719. The van der Waals surface area contributed by atoms with E-state index in [9.17, 15) is 14.7 Å². The summed E-state index contributed by atoms with van der Waals surface area (Å²) in [5, 5.41) is 11.6. The van der Waals surface area contributed by atoms with Crippen LogP contribution in [-0.2, 0) is 0 Å². The van der Waals surface area contributed by atoms with E-state index in [0.717, 1.165) is 17.2 Å². The van der Waals surface area contributed by atoms with Gasteiger partial charge in [0.05, 0.1) is 0 Å². The Morgan fingerprint density at radius 3 is 2.21 bits per heavy atom. The quantitative estimate of drug-likeness (QED) is 0.746. The van der Waals surface area contributed by atoms with Gasteiger partial charge in [-0.25, -0.2) is 0 Å². The van der Waals surface area contributed by atoms with Crippen LogP contribution < -0.4 is 0 Å². The van der Waals surface area contributed by atoms with Gasteiger partial charge in [0.2, 0.25) is 0 Å². The second-order valence-electron chi connectivity index (χ2n) is 7.01. The van der Waals surface area contributed by atoms with Gasteiger partial charge in [0, 0.05) is 37.3 Å². The molecule has 0 aliphatic carbocycles. The Morgan fingerprint density at radius 2 is 1.43 bits per heavy atom. The lowest BCUT2D eigenvalue weighted by atomic mass is 10.0. The van der Waals surface area contributed by atoms with Crippen molar-refractivity contribution in [2.75, 3.05) is 26.2 Å². The summed E-state index contributed by atoms with van der Waals surface area (Å²) in [5.74, 6) is -0.0350. The monoisotopic (exact) mass is 374 g/mol. The maximum absolute atomic E-state index is 13.1. The normalized spacial score (nSPS) is 14.7. The predicted octanol–water partition coefficient (Wildman–Crippen LogP) is 3.53. The molecular formula is C23H22N2O3. The van der Waals surface area contributed by atoms with Gasteiger partial charge in [0.15, 0.2) is 0 Å². The molecule has 0 saturated carbocycles. The highest BCUT2D eigenvalue weighted by Crippen LogP contribution is 2.21. The SMILES string of the molecule is O=C(c1cccc(O)c1)N1CCCN(C(=O)c2cccc3ccccc23)CC1. The highest BCUT2D eigenvalue weighted by Gasteiger charge is 2.24. The first-order chi connectivity index (χ1) is 13.6. The summed E-state index contributed by atoms with van der Waals surface area (Å²) in [4.78, 5) is 29.5. The molecule has 28 heavy (non-hydrogen) atoms. The molecule has 1 saturated heterocycles. The van der Waals surface area contributed by atoms with Crippen LogP contribution in [0.15, 0.2) is 66.7 Å². The smallest absolute Gasteiger partial charge is 0.254 e. The van der Waals surface area contributed by atoms with Gasteiger partial charge in [0.1, 0.15) is 5.75 Å². The number of benzene rings is 3. The Labute approximate surface area is 163 Å². The largest absolute Gasteiger partial charge is 0.508 e. The first-order valence-corrected chi connectivity index (χ1v) is 9.49. The molecule has 5 heteroatoms. The van der Waals surface area contributed by atoms with E-state index < -0.39 is 0 Å². The average Bonchev–Trinajstić information content (AvgIpc) is 2.98. The fourth-order valence-corrected chi connectivity index (χ4v) is 3.73. The highest BCUT2D eigenvalue weighted by molar-refractivity contribution is 6.07. The van der Waals surface area contributed by atoms with Gasteiger partial charge in [-0.1, -0.05) is 42.5 Å². The summed E-state index contributed by atoms with van der Waals surface area (Å²) < 4.78 is 0. The van der Waals surface area contributed by atoms with E-state index in [2.05, 4.69) is 0 Å². The third kappa shape index (κ3) is 3.56. The van der Waals surface area contributed by atoms with E-state index >= 15 is 0 Å². The fraction of sp³-hybridized carbons (Fsp3) is 0.217. The molecule has 142 valence electrons. The van der Waals surface area contributed by atoms with E-state index in [-0.39, 0.29) is 17.6 Å². The third-order valence-corrected chi connectivity index (χ3v) is 5.18. The van der Waals surface area contributed by atoms with E-state index in [4.69, 9.17) is 0 Å². The zero-order valence-electron chi connectivity index (χ0n) is 15.5. The van der Waals surface area contributed by atoms with Crippen molar-refractivity contribution in [3.8, 4) is 5.75 Å². The van der Waals surface area contributed by atoms with Gasteiger partial charge < -0.3 is 14.9 Å². The molecule has 0 atom stereocenters. The fourth-order valence-electron chi connectivity index (χ4n) is 3.73. The highest BCUT2D eigenvalue weighted by atomic mass is 16.3. The third-order valence-electron chi connectivity index (χ3n) is 5.18. The summed E-state index contributed by atoms with van der Waals surface area (Å²) in [6, 6.07) is 20.0. The zero-order valence-corrected chi connectivity index (χ0v) is 15.5. The van der Waals surface area contributed by atoms with Crippen molar-refractivity contribution < 1.29 is 14.7 Å². The van der Waals surface area contributed by atoms with Crippen molar-refractivity contribution in [1.29, 1.82) is 0 Å². The minimum absolute atomic E-state index is 0.00320. The van der Waals surface area contributed by atoms with Gasteiger partial charge >= 0.3 is 0 Å². The van der Waals surface area contributed by atoms with Gasteiger partial charge in [-0.3, -0.25) is 9.59 Å². The van der Waals surface area contributed by atoms with Gasteiger partial charge in [-0.05, 0) is 41.5 Å². The predicted molar refractivity (Wildman–Crippen MR) is 108 cm³/mol. The van der Waals surface area contributed by atoms with Crippen LogP contribution >= 0.6 is 0 Å². The van der Waals surface area contributed by atoms with Crippen molar-refractivity contribution in [1.82, 2.24) is 9.80 Å². The minimum atomic E-state index is -0.115. The van der Waals surface area contributed by atoms with Crippen molar-refractivity contribution in [2.45, 2.75) is 6.42 Å². The van der Waals surface area contributed by atoms with E-state index in [1.54, 1.807) is 23.1 Å². The zero-order chi connectivity index (χ0) is 19.5. The molecule has 0 spiro atoms. The van der Waals surface area contributed by atoms with Crippen LogP contribution in [0.5, 0.6) is 5.75 Å². The van der Waals surface area contributed by atoms with Gasteiger partial charge in [0.25, 0.3) is 11.8 Å². The average molecular weight is 374 g/mol. The number of hydrogen-bond donors (Lipinski definition) is 1. The molecule has 1 heterocycles. The molecule has 1 aliphatic rings. The molecule has 3 aromatic rings. The minimum Gasteiger partial charge on any atom is -0.508 e. The number of phenolic OH excluding ortho intramolecular Hbond substituents is 1. The molecule has 4 rings (SSSR count). The van der Waals surface area contributed by atoms with Crippen molar-refractivity contribution in [2.24, 2.45) is 0 Å². The Bertz CT molecular complexity index is 1030. The van der Waals surface area contributed by atoms with Crippen LogP contribution in [-0.4, -0.2) is 52.9 Å². The Morgan fingerprint density at radius 1 is 0.750 bits per heavy atom. The standard InChI is InChI=1S/C23H22N2O3/c26-19-9-3-8-18(16-19)22(27)24-12-5-13-25(15-14-24)23(28)21-11-4-7-17-6-1-2-10-20(17)21/h1-4,6-11,16,26H,5,12-15H2. The number of amides is 2. The second-order valence-corrected chi connectivity index (χ2v) is 7.01. The Hall–Kier alpha value is -3.34. The molecule has 3 aromatic carbocycles.